The van der Waals surface area contributed by atoms with Gasteiger partial charge in [0, 0.05) is 6.54 Å². The lowest BCUT2D eigenvalue weighted by molar-refractivity contribution is -0.138. The Hall–Kier alpha value is -2.44. The van der Waals surface area contributed by atoms with Crippen LogP contribution in [0.5, 0.6) is 0 Å². The van der Waals surface area contributed by atoms with Crippen LogP contribution in [-0.4, -0.2) is 31.8 Å². The maximum Gasteiger partial charge on any atom is 0.335 e. The highest BCUT2D eigenvalue weighted by Crippen LogP contribution is 2.38. The van der Waals surface area contributed by atoms with Gasteiger partial charge >= 0.3 is 5.97 Å². The van der Waals surface area contributed by atoms with Crippen LogP contribution >= 0.6 is 0 Å². The molecule has 6 heteroatoms. The third-order valence-electron chi connectivity index (χ3n) is 4.57. The molecule has 0 spiro atoms. The van der Waals surface area contributed by atoms with Gasteiger partial charge in [-0.1, -0.05) is 53.6 Å². The molecule has 1 aliphatic heterocycles. The second-order valence-electron chi connectivity index (χ2n) is 6.58. The summed E-state index contributed by atoms with van der Waals surface area (Å²) in [4.78, 5) is 12.7. The molecule has 0 unspecified atom stereocenters. The minimum Gasteiger partial charge on any atom is -0.463 e. The number of carbonyl (C=O) groups is 1. The average Bonchev–Trinajstić information content (AvgIpc) is 3.08. The lowest BCUT2D eigenvalue weighted by Gasteiger charge is -2.26. The summed E-state index contributed by atoms with van der Waals surface area (Å²) in [5, 5.41) is 0. The van der Waals surface area contributed by atoms with E-state index in [1.165, 1.54) is 4.31 Å². The number of sulfonamides is 1. The quantitative estimate of drug-likeness (QED) is 0.739. The van der Waals surface area contributed by atoms with Gasteiger partial charge in [0.05, 0.1) is 23.1 Å². The van der Waals surface area contributed by atoms with Crippen LogP contribution in [0.3, 0.4) is 0 Å². The molecule has 3 rings (SSSR count). The van der Waals surface area contributed by atoms with Crippen LogP contribution in [0.4, 0.5) is 0 Å². The Morgan fingerprint density at radius 2 is 1.81 bits per heavy atom. The van der Waals surface area contributed by atoms with Crippen LogP contribution in [0, 0.1) is 13.8 Å². The number of rotatable bonds is 5. The maximum absolute atomic E-state index is 13.3. The molecule has 0 aromatic heterocycles. The molecular weight excluding hydrogens is 362 g/mol. The molecule has 0 N–H and O–H groups in total. The van der Waals surface area contributed by atoms with Gasteiger partial charge in [-0.2, -0.15) is 4.31 Å². The summed E-state index contributed by atoms with van der Waals surface area (Å²) in [7, 11) is -3.77. The van der Waals surface area contributed by atoms with E-state index in [0.717, 1.165) is 16.7 Å². The Balaban J connectivity index is 2.06. The van der Waals surface area contributed by atoms with Crippen LogP contribution < -0.4 is 0 Å². The van der Waals surface area contributed by atoms with Gasteiger partial charge in [0.2, 0.25) is 10.0 Å². The van der Waals surface area contributed by atoms with E-state index in [4.69, 9.17) is 4.74 Å². The van der Waals surface area contributed by atoms with Crippen molar-refractivity contribution in [3.8, 4) is 0 Å². The molecular formula is C21H23NO4S. The number of hydrogen-bond donors (Lipinski definition) is 0. The number of esters is 1. The minimum absolute atomic E-state index is 0.128. The van der Waals surface area contributed by atoms with E-state index in [2.05, 4.69) is 0 Å². The molecule has 2 aromatic carbocycles. The lowest BCUT2D eigenvalue weighted by atomic mass is 9.99. The van der Waals surface area contributed by atoms with Crippen molar-refractivity contribution in [1.29, 1.82) is 0 Å². The molecule has 5 nitrogen and oxygen atoms in total. The van der Waals surface area contributed by atoms with Crippen molar-refractivity contribution in [3.05, 3.63) is 76.9 Å². The molecule has 27 heavy (non-hydrogen) atoms. The van der Waals surface area contributed by atoms with E-state index in [9.17, 15) is 13.2 Å². The first-order valence-electron chi connectivity index (χ1n) is 8.87. The number of ether oxygens (including phenoxy) is 1. The first kappa shape index (κ1) is 19.3. The molecule has 142 valence electrons. The van der Waals surface area contributed by atoms with Crippen molar-refractivity contribution in [1.82, 2.24) is 4.31 Å². The van der Waals surface area contributed by atoms with Crippen molar-refractivity contribution >= 4 is 16.0 Å². The zero-order chi connectivity index (χ0) is 19.6. The van der Waals surface area contributed by atoms with Crippen molar-refractivity contribution < 1.29 is 17.9 Å². The number of hydrogen-bond acceptors (Lipinski definition) is 4. The summed E-state index contributed by atoms with van der Waals surface area (Å²) in [6, 6.07) is 13.6. The van der Waals surface area contributed by atoms with Gasteiger partial charge in [-0.3, -0.25) is 0 Å². The van der Waals surface area contributed by atoms with Gasteiger partial charge in [0.15, 0.2) is 0 Å². The fourth-order valence-electron chi connectivity index (χ4n) is 3.24. The van der Waals surface area contributed by atoms with Crippen LogP contribution in [0.1, 0.15) is 29.7 Å². The summed E-state index contributed by atoms with van der Waals surface area (Å²) in [6.07, 6.45) is 1.65. The highest BCUT2D eigenvalue weighted by atomic mass is 32.2. The smallest absolute Gasteiger partial charge is 0.335 e. The van der Waals surface area contributed by atoms with Gasteiger partial charge in [-0.25, -0.2) is 13.2 Å². The van der Waals surface area contributed by atoms with E-state index < -0.39 is 22.0 Å². The Morgan fingerprint density at radius 3 is 2.44 bits per heavy atom. The lowest BCUT2D eigenvalue weighted by Crippen LogP contribution is -2.33. The number of nitrogens with zero attached hydrogens (tertiary/aromatic N) is 1. The fraction of sp³-hybridized carbons (Fsp3) is 0.286. The van der Waals surface area contributed by atoms with Crippen LogP contribution in [0.25, 0.3) is 0 Å². The molecule has 0 saturated heterocycles. The monoisotopic (exact) mass is 385 g/mol. The fourth-order valence-corrected chi connectivity index (χ4v) is 4.77. The molecule has 0 saturated carbocycles. The van der Waals surface area contributed by atoms with E-state index in [1.807, 2.05) is 38.1 Å². The SMILES string of the molecule is CCOC(=O)C1=CCN(S(=O)(=O)c2ccc(C)cc2)[C@@H]1c1cccc(C)c1. The third kappa shape index (κ3) is 3.82. The molecule has 0 amide bonds. The zero-order valence-corrected chi connectivity index (χ0v) is 16.5. The summed E-state index contributed by atoms with van der Waals surface area (Å²) in [5.74, 6) is -0.481. The van der Waals surface area contributed by atoms with Crippen molar-refractivity contribution in [2.24, 2.45) is 0 Å². The molecule has 0 fully saturated rings. The van der Waals surface area contributed by atoms with Crippen LogP contribution in [0.2, 0.25) is 0 Å². The van der Waals surface area contributed by atoms with E-state index in [1.54, 1.807) is 37.3 Å². The Kier molecular flexibility index (Phi) is 5.48. The summed E-state index contributed by atoms with van der Waals surface area (Å²) >= 11 is 0. The second kappa shape index (κ2) is 7.66. The van der Waals surface area contributed by atoms with Crippen molar-refractivity contribution in [3.63, 3.8) is 0 Å². The molecule has 0 aliphatic carbocycles. The second-order valence-corrected chi connectivity index (χ2v) is 8.47. The largest absolute Gasteiger partial charge is 0.463 e. The minimum atomic E-state index is -3.77. The predicted octanol–water partition coefficient (Wildman–Crippen LogP) is 3.54. The van der Waals surface area contributed by atoms with Crippen LogP contribution in [0.15, 0.2) is 65.1 Å². The average molecular weight is 385 g/mol. The first-order valence-corrected chi connectivity index (χ1v) is 10.3. The van der Waals surface area contributed by atoms with E-state index in [-0.39, 0.29) is 18.0 Å². The normalized spacial score (nSPS) is 17.6. The van der Waals surface area contributed by atoms with Crippen molar-refractivity contribution in [2.75, 3.05) is 13.2 Å². The molecule has 1 atom stereocenters. The van der Waals surface area contributed by atoms with Gasteiger partial charge in [-0.05, 0) is 38.5 Å². The van der Waals surface area contributed by atoms with Gasteiger partial charge in [-0.15, -0.1) is 0 Å². The molecule has 0 radical (unpaired) electrons. The number of aryl methyl sites for hydroxylation is 2. The van der Waals surface area contributed by atoms with E-state index >= 15 is 0 Å². The highest BCUT2D eigenvalue weighted by molar-refractivity contribution is 7.89. The van der Waals surface area contributed by atoms with E-state index in [0.29, 0.717) is 5.57 Å². The summed E-state index contributed by atoms with van der Waals surface area (Å²) in [6.45, 7) is 5.94. The molecule has 2 aromatic rings. The van der Waals surface area contributed by atoms with Gasteiger partial charge in [0.25, 0.3) is 0 Å². The molecule has 1 heterocycles. The van der Waals surface area contributed by atoms with Crippen LogP contribution in [-0.2, 0) is 19.6 Å². The standard InChI is InChI=1S/C21H23NO4S/c1-4-26-21(23)19-12-13-22(20(19)17-7-5-6-16(3)14-17)27(24,25)18-10-8-15(2)9-11-18/h5-12,14,20H,4,13H2,1-3H3/t20-/m1/s1. The third-order valence-corrected chi connectivity index (χ3v) is 6.42. The topological polar surface area (TPSA) is 63.7 Å². The molecule has 0 bridgehead atoms. The summed E-state index contributed by atoms with van der Waals surface area (Å²) < 4.78 is 33.1. The molecule has 1 aliphatic rings. The predicted molar refractivity (Wildman–Crippen MR) is 104 cm³/mol. The zero-order valence-electron chi connectivity index (χ0n) is 15.7. The maximum atomic E-state index is 13.3. The Bertz CT molecular complexity index is 977. The highest BCUT2D eigenvalue weighted by Gasteiger charge is 2.41. The Morgan fingerprint density at radius 1 is 1.11 bits per heavy atom. The number of benzene rings is 2. The van der Waals surface area contributed by atoms with Gasteiger partial charge < -0.3 is 4.74 Å². The summed E-state index contributed by atoms with van der Waals surface area (Å²) in [5.41, 5.74) is 3.09. The first-order chi connectivity index (χ1) is 12.8. The number of carbonyl (C=O) groups excluding carboxylic acids is 1. The van der Waals surface area contributed by atoms with Crippen molar-refractivity contribution in [2.45, 2.75) is 31.7 Å². The van der Waals surface area contributed by atoms with Gasteiger partial charge in [0.1, 0.15) is 0 Å². The Labute approximate surface area is 160 Å².